The Morgan fingerprint density at radius 3 is 2.62 bits per heavy atom. The molecule has 0 aromatic rings. The summed E-state index contributed by atoms with van der Waals surface area (Å²) in [5.41, 5.74) is 0. The van der Waals surface area contributed by atoms with Crippen LogP contribution < -0.4 is 0 Å². The molecule has 1 aliphatic heterocycles. The van der Waals surface area contributed by atoms with Crippen molar-refractivity contribution in [2.45, 2.75) is 32.8 Å². The Morgan fingerprint density at radius 2 is 2.38 bits per heavy atom. The maximum absolute atomic E-state index is 5.36. The Hall–Kier alpha value is -0.0400. The molecule has 0 aromatic heterocycles. The molecule has 1 rings (SSSR count). The molecule has 0 aromatic carbocycles. The molecular weight excluding hydrogens is 100 g/mol. The van der Waals surface area contributed by atoms with Crippen LogP contribution in [0.4, 0.5) is 0 Å². The normalized spacial score (nSPS) is 38.2. The van der Waals surface area contributed by atoms with Gasteiger partial charge in [-0.2, -0.15) is 0 Å². The van der Waals surface area contributed by atoms with Crippen molar-refractivity contribution in [2.24, 2.45) is 5.92 Å². The van der Waals surface area contributed by atoms with Gasteiger partial charge in [-0.3, -0.25) is 0 Å². The summed E-state index contributed by atoms with van der Waals surface area (Å²) in [6.07, 6.45) is 3.08. The SMILES string of the molecule is CCC1COC(C)C1. The van der Waals surface area contributed by atoms with E-state index < -0.39 is 0 Å². The summed E-state index contributed by atoms with van der Waals surface area (Å²) in [4.78, 5) is 0. The lowest BCUT2D eigenvalue weighted by Gasteiger charge is -1.98. The molecule has 0 radical (unpaired) electrons. The third-order valence-electron chi connectivity index (χ3n) is 1.86. The van der Waals surface area contributed by atoms with Crippen molar-refractivity contribution in [1.82, 2.24) is 0 Å². The molecule has 1 saturated heterocycles. The van der Waals surface area contributed by atoms with E-state index in [4.69, 9.17) is 4.74 Å². The first kappa shape index (κ1) is 6.09. The molecule has 2 unspecified atom stereocenters. The summed E-state index contributed by atoms with van der Waals surface area (Å²) in [6.45, 7) is 5.37. The molecule has 0 saturated carbocycles. The first-order valence-corrected chi connectivity index (χ1v) is 3.44. The largest absolute Gasteiger partial charge is 0.378 e. The van der Waals surface area contributed by atoms with Crippen LogP contribution in [-0.2, 0) is 4.74 Å². The number of hydrogen-bond donors (Lipinski definition) is 0. The van der Waals surface area contributed by atoms with Crippen LogP contribution in [0, 0.1) is 5.92 Å². The third-order valence-corrected chi connectivity index (χ3v) is 1.86. The van der Waals surface area contributed by atoms with E-state index in [-0.39, 0.29) is 0 Å². The van der Waals surface area contributed by atoms with Crippen molar-refractivity contribution < 1.29 is 4.74 Å². The van der Waals surface area contributed by atoms with Gasteiger partial charge in [0.15, 0.2) is 0 Å². The highest BCUT2D eigenvalue weighted by atomic mass is 16.5. The molecule has 48 valence electrons. The third kappa shape index (κ3) is 1.22. The number of hydrogen-bond acceptors (Lipinski definition) is 1. The van der Waals surface area contributed by atoms with Crippen molar-refractivity contribution in [3.63, 3.8) is 0 Å². The van der Waals surface area contributed by atoms with Crippen molar-refractivity contribution in [3.05, 3.63) is 0 Å². The maximum atomic E-state index is 5.36. The van der Waals surface area contributed by atoms with E-state index in [1.165, 1.54) is 12.8 Å². The first-order chi connectivity index (χ1) is 3.83. The average Bonchev–Trinajstić information content (AvgIpc) is 2.14. The maximum Gasteiger partial charge on any atom is 0.0550 e. The highest BCUT2D eigenvalue weighted by Gasteiger charge is 2.19. The molecule has 1 heteroatoms. The van der Waals surface area contributed by atoms with Crippen LogP contribution in [0.2, 0.25) is 0 Å². The fraction of sp³-hybridized carbons (Fsp3) is 1.00. The minimum Gasteiger partial charge on any atom is -0.378 e. The lowest BCUT2D eigenvalue weighted by Crippen LogP contribution is -1.96. The van der Waals surface area contributed by atoms with Crippen LogP contribution in [-0.4, -0.2) is 12.7 Å². The smallest absolute Gasteiger partial charge is 0.0550 e. The van der Waals surface area contributed by atoms with Gasteiger partial charge in [0.05, 0.1) is 6.10 Å². The predicted molar refractivity (Wildman–Crippen MR) is 33.8 cm³/mol. The second-order valence-corrected chi connectivity index (χ2v) is 2.65. The van der Waals surface area contributed by atoms with Crippen molar-refractivity contribution in [1.29, 1.82) is 0 Å². The number of ether oxygens (including phenoxy) is 1. The van der Waals surface area contributed by atoms with Gasteiger partial charge in [-0.25, -0.2) is 0 Å². The van der Waals surface area contributed by atoms with Crippen LogP contribution >= 0.6 is 0 Å². The van der Waals surface area contributed by atoms with Gasteiger partial charge in [0.1, 0.15) is 0 Å². The molecule has 8 heavy (non-hydrogen) atoms. The lowest BCUT2D eigenvalue weighted by atomic mass is 10.0. The second-order valence-electron chi connectivity index (χ2n) is 2.65. The highest BCUT2D eigenvalue weighted by molar-refractivity contribution is 4.67. The summed E-state index contributed by atoms with van der Waals surface area (Å²) < 4.78 is 5.36. The minimum absolute atomic E-state index is 0.528. The van der Waals surface area contributed by atoms with E-state index in [1.807, 2.05) is 0 Å². The Morgan fingerprint density at radius 1 is 1.62 bits per heavy atom. The first-order valence-electron chi connectivity index (χ1n) is 3.44. The molecule has 0 N–H and O–H groups in total. The summed E-state index contributed by atoms with van der Waals surface area (Å²) in [7, 11) is 0. The van der Waals surface area contributed by atoms with E-state index in [0.717, 1.165) is 12.5 Å². The molecule has 1 nitrogen and oxygen atoms in total. The molecule has 2 atom stereocenters. The van der Waals surface area contributed by atoms with Crippen LogP contribution in [0.3, 0.4) is 0 Å². The quantitative estimate of drug-likeness (QED) is 0.505. The van der Waals surface area contributed by atoms with E-state index in [1.54, 1.807) is 0 Å². The molecule has 1 aliphatic rings. The molecule has 1 heterocycles. The van der Waals surface area contributed by atoms with Crippen LogP contribution in [0.25, 0.3) is 0 Å². The lowest BCUT2D eigenvalue weighted by molar-refractivity contribution is 0.120. The standard InChI is InChI=1S/C7H14O/c1-3-7-4-6(2)8-5-7/h6-7H,3-5H2,1-2H3. The monoisotopic (exact) mass is 114 g/mol. The topological polar surface area (TPSA) is 9.23 Å². The predicted octanol–water partition coefficient (Wildman–Crippen LogP) is 1.82. The fourth-order valence-corrected chi connectivity index (χ4v) is 1.19. The van der Waals surface area contributed by atoms with E-state index in [0.29, 0.717) is 6.10 Å². The summed E-state index contributed by atoms with van der Waals surface area (Å²) in [5.74, 6) is 0.852. The van der Waals surface area contributed by atoms with Crippen LogP contribution in [0.1, 0.15) is 26.7 Å². The zero-order valence-corrected chi connectivity index (χ0v) is 5.68. The van der Waals surface area contributed by atoms with Gasteiger partial charge >= 0.3 is 0 Å². The van der Waals surface area contributed by atoms with E-state index in [9.17, 15) is 0 Å². The van der Waals surface area contributed by atoms with Gasteiger partial charge in [-0.05, 0) is 19.3 Å². The second kappa shape index (κ2) is 2.49. The molecule has 0 amide bonds. The average molecular weight is 114 g/mol. The Labute approximate surface area is 51.0 Å². The van der Waals surface area contributed by atoms with Crippen molar-refractivity contribution >= 4 is 0 Å². The molecule has 1 fully saturated rings. The number of rotatable bonds is 1. The summed E-state index contributed by atoms with van der Waals surface area (Å²) in [5, 5.41) is 0. The van der Waals surface area contributed by atoms with Crippen LogP contribution in [0.5, 0.6) is 0 Å². The molecule has 0 bridgehead atoms. The molecule has 0 aliphatic carbocycles. The Kier molecular flexibility index (Phi) is 1.90. The zero-order chi connectivity index (χ0) is 5.98. The van der Waals surface area contributed by atoms with Gasteiger partial charge in [0.2, 0.25) is 0 Å². The van der Waals surface area contributed by atoms with Crippen molar-refractivity contribution in [2.75, 3.05) is 6.61 Å². The van der Waals surface area contributed by atoms with Crippen molar-refractivity contribution in [3.8, 4) is 0 Å². The Balaban J connectivity index is 2.22. The van der Waals surface area contributed by atoms with Gasteiger partial charge in [-0.1, -0.05) is 13.3 Å². The van der Waals surface area contributed by atoms with Gasteiger partial charge in [-0.15, -0.1) is 0 Å². The fourth-order valence-electron chi connectivity index (χ4n) is 1.19. The van der Waals surface area contributed by atoms with Crippen LogP contribution in [0.15, 0.2) is 0 Å². The Bertz CT molecular complexity index is 70.8. The summed E-state index contributed by atoms with van der Waals surface area (Å²) in [6, 6.07) is 0. The van der Waals surface area contributed by atoms with E-state index >= 15 is 0 Å². The molecule has 0 spiro atoms. The van der Waals surface area contributed by atoms with Gasteiger partial charge in [0, 0.05) is 6.61 Å². The highest BCUT2D eigenvalue weighted by Crippen LogP contribution is 2.20. The molecular formula is C7H14O. The van der Waals surface area contributed by atoms with E-state index in [2.05, 4.69) is 13.8 Å². The summed E-state index contributed by atoms with van der Waals surface area (Å²) >= 11 is 0. The zero-order valence-electron chi connectivity index (χ0n) is 5.68. The van der Waals surface area contributed by atoms with Gasteiger partial charge < -0.3 is 4.74 Å². The minimum atomic E-state index is 0.528. The van der Waals surface area contributed by atoms with Gasteiger partial charge in [0.25, 0.3) is 0 Å².